The molecule has 2 atom stereocenters. The molecule has 1 aromatic heterocycles. The molecule has 1 amide bonds. The van der Waals surface area contributed by atoms with Gasteiger partial charge < -0.3 is 20.1 Å². The zero-order chi connectivity index (χ0) is 17.9. The Morgan fingerprint density at radius 2 is 1.89 bits per heavy atom. The van der Waals surface area contributed by atoms with Crippen LogP contribution in [0.4, 0.5) is 0 Å². The lowest BCUT2D eigenvalue weighted by Gasteiger charge is -2.26. The van der Waals surface area contributed by atoms with Crippen molar-refractivity contribution in [3.63, 3.8) is 0 Å². The number of ether oxygens (including phenoxy) is 2. The molecule has 2 aromatic rings. The fraction of sp³-hybridized carbons (Fsp3) is 0.400. The van der Waals surface area contributed by atoms with Crippen LogP contribution < -0.4 is 15.2 Å². The summed E-state index contributed by atoms with van der Waals surface area (Å²) in [5.41, 5.74) is 8.06. The molecule has 0 saturated heterocycles. The quantitative estimate of drug-likeness (QED) is 0.794. The van der Waals surface area contributed by atoms with Gasteiger partial charge in [0.25, 0.3) is 0 Å². The van der Waals surface area contributed by atoms with Crippen molar-refractivity contribution in [1.29, 1.82) is 0 Å². The monoisotopic (exact) mass is 425 g/mol. The average Bonchev–Trinajstić information content (AvgIpc) is 3.30. The summed E-state index contributed by atoms with van der Waals surface area (Å²) in [6, 6.07) is 9.85. The smallest absolute Gasteiger partial charge is 0.231 e. The van der Waals surface area contributed by atoms with Gasteiger partial charge in [-0.3, -0.25) is 9.78 Å². The Kier molecular flexibility index (Phi) is 7.92. The van der Waals surface area contributed by atoms with E-state index in [0.717, 1.165) is 41.9 Å². The highest BCUT2D eigenvalue weighted by Gasteiger charge is 2.31. The van der Waals surface area contributed by atoms with Gasteiger partial charge in [-0.15, -0.1) is 24.8 Å². The lowest BCUT2D eigenvalue weighted by Crippen LogP contribution is -2.35. The second-order valence-corrected chi connectivity index (χ2v) is 7.01. The van der Waals surface area contributed by atoms with Crippen molar-refractivity contribution in [2.75, 3.05) is 6.79 Å². The standard InChI is InChI=1S/C20H23N3O3.2ClH/c21-17-5-4-16(9-17)20(24)23(12-15-2-1-7-22-10-15)11-14-3-6-18-19(8-14)26-13-25-18;;/h1-3,6-8,10,16-17H,4-5,9,11-13,21H2;2*1H/t16-,17+;;/m0../s1. The first kappa shape index (κ1) is 22.3. The van der Waals surface area contributed by atoms with Crippen molar-refractivity contribution in [3.8, 4) is 11.5 Å². The fourth-order valence-electron chi connectivity index (χ4n) is 3.68. The number of aromatic nitrogens is 1. The average molecular weight is 426 g/mol. The van der Waals surface area contributed by atoms with Gasteiger partial charge in [0, 0.05) is 37.4 Å². The lowest BCUT2D eigenvalue weighted by atomic mass is 10.0. The number of nitrogens with two attached hydrogens (primary N) is 1. The molecule has 6 nitrogen and oxygen atoms in total. The van der Waals surface area contributed by atoms with Crippen LogP contribution in [0.15, 0.2) is 42.7 Å². The molecule has 1 aromatic carbocycles. The molecule has 4 rings (SSSR count). The van der Waals surface area contributed by atoms with E-state index in [0.29, 0.717) is 13.1 Å². The normalized spacial score (nSPS) is 19.5. The number of fused-ring (bicyclic) bond motifs is 1. The van der Waals surface area contributed by atoms with Gasteiger partial charge in [0.1, 0.15) is 0 Å². The van der Waals surface area contributed by atoms with Gasteiger partial charge in [-0.2, -0.15) is 0 Å². The van der Waals surface area contributed by atoms with E-state index in [1.54, 1.807) is 12.4 Å². The number of rotatable bonds is 5. The molecule has 2 aliphatic rings. The van der Waals surface area contributed by atoms with Crippen molar-refractivity contribution in [2.45, 2.75) is 38.4 Å². The number of nitrogens with zero attached hydrogens (tertiary/aromatic N) is 2. The highest BCUT2D eigenvalue weighted by Crippen LogP contribution is 2.33. The fourth-order valence-corrected chi connectivity index (χ4v) is 3.68. The zero-order valence-electron chi connectivity index (χ0n) is 15.5. The Bertz CT molecular complexity index is 792. The van der Waals surface area contributed by atoms with E-state index >= 15 is 0 Å². The molecule has 8 heteroatoms. The summed E-state index contributed by atoms with van der Waals surface area (Å²) in [5, 5.41) is 0. The molecule has 0 bridgehead atoms. The summed E-state index contributed by atoms with van der Waals surface area (Å²) in [5.74, 6) is 1.66. The topological polar surface area (TPSA) is 77.7 Å². The lowest BCUT2D eigenvalue weighted by molar-refractivity contribution is -0.136. The van der Waals surface area contributed by atoms with E-state index in [9.17, 15) is 4.79 Å². The minimum absolute atomic E-state index is 0. The van der Waals surface area contributed by atoms with Crippen molar-refractivity contribution < 1.29 is 14.3 Å². The summed E-state index contributed by atoms with van der Waals surface area (Å²) in [6.07, 6.45) is 6.10. The number of carbonyl (C=O) groups is 1. The zero-order valence-corrected chi connectivity index (χ0v) is 17.1. The van der Waals surface area contributed by atoms with Crippen LogP contribution in [0.5, 0.6) is 11.5 Å². The maximum Gasteiger partial charge on any atom is 0.231 e. The van der Waals surface area contributed by atoms with Gasteiger partial charge in [0.05, 0.1) is 0 Å². The van der Waals surface area contributed by atoms with Crippen LogP contribution in [0.3, 0.4) is 0 Å². The van der Waals surface area contributed by atoms with Gasteiger partial charge in [-0.05, 0) is 48.6 Å². The third kappa shape index (κ3) is 5.07. The second kappa shape index (κ2) is 9.96. The maximum atomic E-state index is 13.1. The molecule has 28 heavy (non-hydrogen) atoms. The number of benzene rings is 1. The number of halogens is 2. The van der Waals surface area contributed by atoms with Crippen molar-refractivity contribution in [2.24, 2.45) is 11.7 Å². The Hall–Kier alpha value is -2.02. The summed E-state index contributed by atoms with van der Waals surface area (Å²) in [7, 11) is 0. The molecule has 1 saturated carbocycles. The van der Waals surface area contributed by atoms with Crippen LogP contribution in [0.1, 0.15) is 30.4 Å². The first-order valence-corrected chi connectivity index (χ1v) is 9.01. The van der Waals surface area contributed by atoms with Crippen molar-refractivity contribution in [3.05, 3.63) is 53.9 Å². The minimum atomic E-state index is 0. The van der Waals surface area contributed by atoms with Gasteiger partial charge in [0.2, 0.25) is 12.7 Å². The summed E-state index contributed by atoms with van der Waals surface area (Å²) >= 11 is 0. The predicted octanol–water partition coefficient (Wildman–Crippen LogP) is 3.31. The number of pyridine rings is 1. The number of hydrogen-bond donors (Lipinski definition) is 1. The Morgan fingerprint density at radius 3 is 2.61 bits per heavy atom. The van der Waals surface area contributed by atoms with Crippen molar-refractivity contribution in [1.82, 2.24) is 9.88 Å². The largest absolute Gasteiger partial charge is 0.454 e. The molecule has 2 N–H and O–H groups in total. The van der Waals surface area contributed by atoms with Crippen LogP contribution in [-0.2, 0) is 17.9 Å². The maximum absolute atomic E-state index is 13.1. The van der Waals surface area contributed by atoms with E-state index in [4.69, 9.17) is 15.2 Å². The first-order chi connectivity index (χ1) is 12.7. The van der Waals surface area contributed by atoms with Crippen LogP contribution >= 0.6 is 24.8 Å². The molecular weight excluding hydrogens is 401 g/mol. The highest BCUT2D eigenvalue weighted by molar-refractivity contribution is 5.85. The Balaban J connectivity index is 0.00000140. The molecular formula is C20H25Cl2N3O3. The molecule has 0 radical (unpaired) electrons. The van der Waals surface area contributed by atoms with Crippen LogP contribution in [0.25, 0.3) is 0 Å². The summed E-state index contributed by atoms with van der Waals surface area (Å²) in [4.78, 5) is 19.2. The van der Waals surface area contributed by atoms with Gasteiger partial charge >= 0.3 is 0 Å². The van der Waals surface area contributed by atoms with E-state index in [-0.39, 0.29) is 49.5 Å². The van der Waals surface area contributed by atoms with E-state index in [1.165, 1.54) is 0 Å². The van der Waals surface area contributed by atoms with Gasteiger partial charge in [-0.25, -0.2) is 0 Å². The number of amides is 1. The third-order valence-electron chi connectivity index (χ3n) is 5.04. The van der Waals surface area contributed by atoms with Crippen molar-refractivity contribution >= 4 is 30.7 Å². The Morgan fingerprint density at radius 1 is 1.11 bits per heavy atom. The number of carbonyl (C=O) groups excluding carboxylic acids is 1. The number of hydrogen-bond acceptors (Lipinski definition) is 5. The predicted molar refractivity (Wildman–Crippen MR) is 111 cm³/mol. The highest BCUT2D eigenvalue weighted by atomic mass is 35.5. The molecule has 1 fully saturated rings. The van der Waals surface area contributed by atoms with E-state index in [2.05, 4.69) is 4.98 Å². The SMILES string of the molecule is Cl.Cl.N[C@@H]1CC[C@H](C(=O)N(Cc2cccnc2)Cc2ccc3c(c2)OCO3)C1. The van der Waals surface area contributed by atoms with E-state index < -0.39 is 0 Å². The van der Waals surface area contributed by atoms with Gasteiger partial charge in [0.15, 0.2) is 11.5 Å². The second-order valence-electron chi connectivity index (χ2n) is 7.01. The third-order valence-corrected chi connectivity index (χ3v) is 5.04. The molecule has 152 valence electrons. The Labute approximate surface area is 177 Å². The van der Waals surface area contributed by atoms with Crippen LogP contribution in [0, 0.1) is 5.92 Å². The molecule has 2 heterocycles. The molecule has 0 spiro atoms. The first-order valence-electron chi connectivity index (χ1n) is 9.01. The summed E-state index contributed by atoms with van der Waals surface area (Å²) in [6.45, 7) is 1.31. The van der Waals surface area contributed by atoms with E-state index in [1.807, 2.05) is 35.2 Å². The van der Waals surface area contributed by atoms with Gasteiger partial charge in [-0.1, -0.05) is 12.1 Å². The summed E-state index contributed by atoms with van der Waals surface area (Å²) < 4.78 is 10.8. The van der Waals surface area contributed by atoms with Crippen LogP contribution in [0.2, 0.25) is 0 Å². The minimum Gasteiger partial charge on any atom is -0.454 e. The molecule has 1 aliphatic carbocycles. The van der Waals surface area contributed by atoms with Crippen LogP contribution in [-0.4, -0.2) is 28.6 Å². The molecule has 0 unspecified atom stereocenters. The molecule has 1 aliphatic heterocycles.